The Balaban J connectivity index is 1.92. The fraction of sp³-hybridized carbons (Fsp3) is 0. The molecule has 0 fully saturated rings. The van der Waals surface area contributed by atoms with E-state index in [0.29, 0.717) is 0 Å². The van der Waals surface area contributed by atoms with E-state index in [1.807, 2.05) is 11.3 Å². The second-order valence-electron chi connectivity index (χ2n) is 7.08. The lowest BCUT2D eigenvalue weighted by Gasteiger charge is -2.08. The zero-order valence-electron chi connectivity index (χ0n) is 14.4. The van der Waals surface area contributed by atoms with Crippen molar-refractivity contribution < 1.29 is 0 Å². The van der Waals surface area contributed by atoms with Crippen LogP contribution in [0.3, 0.4) is 0 Å². The topological polar surface area (TPSA) is 0 Å². The summed E-state index contributed by atoms with van der Waals surface area (Å²) in [6.45, 7) is 0. The van der Waals surface area contributed by atoms with Crippen molar-refractivity contribution in [3.05, 3.63) is 78.9 Å². The summed E-state index contributed by atoms with van der Waals surface area (Å²) in [4.78, 5) is 0. The van der Waals surface area contributed by atoms with E-state index in [-0.39, 0.29) is 0 Å². The van der Waals surface area contributed by atoms with Gasteiger partial charge in [-0.2, -0.15) is 0 Å². The number of hydrogen-bond donors (Lipinski definition) is 0. The van der Waals surface area contributed by atoms with Gasteiger partial charge in [-0.05, 0) is 44.5 Å². The Hall–Kier alpha value is -2.84. The van der Waals surface area contributed by atoms with Gasteiger partial charge >= 0.3 is 0 Å². The zero-order valence-corrected chi connectivity index (χ0v) is 15.2. The highest BCUT2D eigenvalue weighted by Crippen LogP contribution is 2.41. The quantitative estimate of drug-likeness (QED) is 0.242. The second-order valence-corrected chi connectivity index (χ2v) is 8.13. The third kappa shape index (κ3) is 1.85. The van der Waals surface area contributed by atoms with Gasteiger partial charge in [-0.25, -0.2) is 0 Å². The zero-order chi connectivity index (χ0) is 17.3. The summed E-state index contributed by atoms with van der Waals surface area (Å²) in [5.74, 6) is 0. The van der Waals surface area contributed by atoms with E-state index in [1.54, 1.807) is 0 Å². The van der Waals surface area contributed by atoms with Crippen LogP contribution in [0.1, 0.15) is 0 Å². The van der Waals surface area contributed by atoms with Crippen molar-refractivity contribution in [2.24, 2.45) is 0 Å². The first-order valence-corrected chi connectivity index (χ1v) is 9.77. The maximum atomic E-state index is 2.37. The SMILES string of the molecule is Bc1cc2ccc3ccccc3c2c2sc3cc4ccccc4cc3c12. The molecule has 0 amide bonds. The molecule has 26 heavy (non-hydrogen) atoms. The molecule has 0 aliphatic rings. The van der Waals surface area contributed by atoms with Crippen LogP contribution in [-0.4, -0.2) is 7.85 Å². The Labute approximate surface area is 156 Å². The molecule has 120 valence electrons. The Morgan fingerprint density at radius 2 is 1.27 bits per heavy atom. The summed E-state index contributed by atoms with van der Waals surface area (Å²) in [5, 5.41) is 10.8. The first-order valence-electron chi connectivity index (χ1n) is 8.96. The van der Waals surface area contributed by atoms with Crippen molar-refractivity contribution in [3.8, 4) is 0 Å². The minimum Gasteiger partial charge on any atom is -0.135 e. The Morgan fingerprint density at radius 1 is 0.577 bits per heavy atom. The first-order chi connectivity index (χ1) is 12.8. The predicted octanol–water partition coefficient (Wildman–Crippen LogP) is 5.77. The van der Waals surface area contributed by atoms with Gasteiger partial charge in [-0.15, -0.1) is 11.3 Å². The van der Waals surface area contributed by atoms with Crippen LogP contribution in [0.2, 0.25) is 0 Å². The van der Waals surface area contributed by atoms with Gasteiger partial charge in [0.15, 0.2) is 0 Å². The molecule has 6 aromatic rings. The van der Waals surface area contributed by atoms with E-state index >= 15 is 0 Å². The minimum absolute atomic E-state index is 1.31. The number of benzene rings is 5. The fourth-order valence-corrected chi connectivity index (χ4v) is 5.70. The molecule has 0 radical (unpaired) electrons. The maximum Gasteiger partial charge on any atom is 0.140 e. The Bertz CT molecular complexity index is 1490. The molecule has 1 aromatic heterocycles. The molecule has 0 unspecified atom stereocenters. The third-order valence-corrected chi connectivity index (χ3v) is 6.68. The van der Waals surface area contributed by atoms with Crippen LogP contribution in [0.15, 0.2) is 78.9 Å². The average molecular weight is 346 g/mol. The van der Waals surface area contributed by atoms with Crippen LogP contribution < -0.4 is 5.46 Å². The smallest absolute Gasteiger partial charge is 0.135 e. The maximum absolute atomic E-state index is 2.37. The molecule has 0 aliphatic carbocycles. The Kier molecular flexibility index (Phi) is 2.81. The van der Waals surface area contributed by atoms with Crippen LogP contribution in [-0.2, 0) is 0 Å². The van der Waals surface area contributed by atoms with Gasteiger partial charge in [0, 0.05) is 20.2 Å². The van der Waals surface area contributed by atoms with E-state index in [0.717, 1.165) is 0 Å². The second kappa shape index (κ2) is 5.09. The summed E-state index contributed by atoms with van der Waals surface area (Å²) in [5.41, 5.74) is 1.37. The van der Waals surface area contributed by atoms with E-state index in [2.05, 4.69) is 86.7 Å². The van der Waals surface area contributed by atoms with Crippen LogP contribution in [0, 0.1) is 0 Å². The number of thiophene rings is 1. The van der Waals surface area contributed by atoms with Gasteiger partial charge in [-0.3, -0.25) is 0 Å². The summed E-state index contributed by atoms with van der Waals surface area (Å²) in [6, 6.07) is 29.0. The first kappa shape index (κ1) is 14.3. The van der Waals surface area contributed by atoms with Crippen molar-refractivity contribution in [3.63, 3.8) is 0 Å². The number of hydrogen-bond acceptors (Lipinski definition) is 1. The summed E-state index contributed by atoms with van der Waals surface area (Å²) in [6.07, 6.45) is 0. The lowest BCUT2D eigenvalue weighted by Crippen LogP contribution is -2.02. The minimum atomic E-state index is 1.31. The summed E-state index contributed by atoms with van der Waals surface area (Å²) in [7, 11) is 2.25. The van der Waals surface area contributed by atoms with Gasteiger partial charge in [0.1, 0.15) is 7.85 Å². The third-order valence-electron chi connectivity index (χ3n) is 5.51. The van der Waals surface area contributed by atoms with Gasteiger partial charge in [0.05, 0.1) is 0 Å². The molecule has 0 saturated heterocycles. The standard InChI is InChI=1S/C24H15BS/c25-20-12-17-10-9-14-5-3-4-8-18(14)22(17)24-23(20)19-11-15-6-1-2-7-16(15)13-21(19)26-24/h1-13H,25H2. The molecular weight excluding hydrogens is 331 g/mol. The number of rotatable bonds is 0. The van der Waals surface area contributed by atoms with E-state index in [4.69, 9.17) is 0 Å². The molecule has 5 aromatic carbocycles. The molecule has 0 nitrogen and oxygen atoms in total. The molecule has 0 saturated carbocycles. The fourth-order valence-electron chi connectivity index (χ4n) is 4.32. The monoisotopic (exact) mass is 346 g/mol. The van der Waals surface area contributed by atoms with Crippen molar-refractivity contribution in [1.82, 2.24) is 0 Å². The van der Waals surface area contributed by atoms with Crippen LogP contribution in [0.5, 0.6) is 0 Å². The summed E-state index contributed by atoms with van der Waals surface area (Å²) >= 11 is 1.94. The highest BCUT2D eigenvalue weighted by molar-refractivity contribution is 7.27. The van der Waals surface area contributed by atoms with Crippen molar-refractivity contribution in [1.29, 1.82) is 0 Å². The van der Waals surface area contributed by atoms with E-state index < -0.39 is 0 Å². The van der Waals surface area contributed by atoms with Crippen LogP contribution >= 0.6 is 11.3 Å². The molecule has 2 heteroatoms. The lowest BCUT2D eigenvalue weighted by atomic mass is 9.87. The number of fused-ring (bicyclic) bond motifs is 8. The van der Waals surface area contributed by atoms with Gasteiger partial charge in [0.2, 0.25) is 0 Å². The molecule has 6 rings (SSSR count). The van der Waals surface area contributed by atoms with E-state index in [9.17, 15) is 0 Å². The molecule has 0 atom stereocenters. The largest absolute Gasteiger partial charge is 0.140 e. The average Bonchev–Trinajstić information content (AvgIpc) is 3.04. The highest BCUT2D eigenvalue weighted by Gasteiger charge is 2.14. The normalized spacial score (nSPS) is 12.0. The molecule has 0 spiro atoms. The van der Waals surface area contributed by atoms with Crippen LogP contribution in [0.25, 0.3) is 52.5 Å². The lowest BCUT2D eigenvalue weighted by molar-refractivity contribution is 1.81. The molecule has 1 heterocycles. The van der Waals surface area contributed by atoms with E-state index in [1.165, 1.54) is 58.0 Å². The van der Waals surface area contributed by atoms with Crippen molar-refractivity contribution in [2.45, 2.75) is 0 Å². The van der Waals surface area contributed by atoms with Gasteiger partial charge < -0.3 is 0 Å². The highest BCUT2D eigenvalue weighted by atomic mass is 32.1. The molecule has 0 aliphatic heterocycles. The van der Waals surface area contributed by atoms with Crippen molar-refractivity contribution >= 4 is 77.1 Å². The molecule has 0 N–H and O–H groups in total. The van der Waals surface area contributed by atoms with Gasteiger partial charge in [0.25, 0.3) is 0 Å². The van der Waals surface area contributed by atoms with Crippen molar-refractivity contribution in [2.75, 3.05) is 0 Å². The Morgan fingerprint density at radius 3 is 2.12 bits per heavy atom. The molecular formula is C24H15BS. The predicted molar refractivity (Wildman–Crippen MR) is 120 cm³/mol. The van der Waals surface area contributed by atoms with Gasteiger partial charge in [-0.1, -0.05) is 72.2 Å². The summed E-state index contributed by atoms with van der Waals surface area (Å²) < 4.78 is 2.80. The van der Waals surface area contributed by atoms with Crippen LogP contribution in [0.4, 0.5) is 0 Å². The molecule has 0 bridgehead atoms.